The maximum Gasteiger partial charge on any atom is 0.269 e. The summed E-state index contributed by atoms with van der Waals surface area (Å²) in [5.41, 5.74) is 4.06. The molecule has 0 unspecified atom stereocenters. The summed E-state index contributed by atoms with van der Waals surface area (Å²) in [6.07, 6.45) is -0.396. The van der Waals surface area contributed by atoms with E-state index in [9.17, 15) is 23.6 Å². The van der Waals surface area contributed by atoms with Gasteiger partial charge < -0.3 is 19.5 Å². The Hall–Kier alpha value is -4.33. The van der Waals surface area contributed by atoms with Crippen LogP contribution in [0.5, 0.6) is 0 Å². The average Bonchev–Trinajstić information content (AvgIpc) is 3.09. The van der Waals surface area contributed by atoms with Gasteiger partial charge in [0.05, 0.1) is 28.6 Å². The molecule has 0 spiro atoms. The number of aliphatic hydroxyl groups is 1. The van der Waals surface area contributed by atoms with Crippen LogP contribution in [0, 0.1) is 10.1 Å². The summed E-state index contributed by atoms with van der Waals surface area (Å²) in [4.78, 5) is 15.4. The van der Waals surface area contributed by atoms with Crippen molar-refractivity contribution in [1.29, 1.82) is 0 Å². The monoisotopic (exact) mass is 644 g/mol. The Bertz CT molecular complexity index is 1710. The first kappa shape index (κ1) is 31.6. The fourth-order valence-corrected chi connectivity index (χ4v) is 6.90. The molecular weight excluding hydrogens is 608 g/mol. The molecule has 0 saturated carbocycles. The number of nitro benzene ring substituents is 1. The maximum absolute atomic E-state index is 12.8. The van der Waals surface area contributed by atoms with E-state index in [1.165, 1.54) is 12.1 Å². The van der Waals surface area contributed by atoms with E-state index in [2.05, 4.69) is 14.5 Å². The second-order valence-electron chi connectivity index (χ2n) is 11.5. The lowest BCUT2D eigenvalue weighted by Gasteiger charge is -2.41. The van der Waals surface area contributed by atoms with Crippen molar-refractivity contribution in [2.45, 2.75) is 36.4 Å². The van der Waals surface area contributed by atoms with E-state index < -0.39 is 21.2 Å². The van der Waals surface area contributed by atoms with Crippen molar-refractivity contribution in [1.82, 2.24) is 4.90 Å². The van der Waals surface area contributed by atoms with Crippen molar-refractivity contribution in [3.63, 3.8) is 0 Å². The molecule has 0 bridgehead atoms. The molecule has 0 amide bonds. The van der Waals surface area contributed by atoms with Gasteiger partial charge in [-0.2, -0.15) is 0 Å². The summed E-state index contributed by atoms with van der Waals surface area (Å²) < 4.78 is 41.2. The lowest BCUT2D eigenvalue weighted by molar-refractivity contribution is -0.384. The minimum Gasteiger partial charge on any atom is -0.392 e. The first-order valence-corrected chi connectivity index (χ1v) is 16.7. The largest absolute Gasteiger partial charge is 0.392 e. The van der Waals surface area contributed by atoms with E-state index >= 15 is 0 Å². The number of sulfonamides is 1. The quantitative estimate of drug-likeness (QED) is 0.175. The molecule has 4 aromatic rings. The SMILES string of the molecule is O=[N+]([O-])c1ccc(N2CCN(C[C@H]3C[C@@H](c4ccc(CO)cc4)O[C@@H](c4ccc(NS(=O)(=O)c5ccccc5)cc4)O3)CC2)cc1. The fraction of sp³-hybridized carbons (Fsp3) is 0.294. The van der Waals surface area contributed by atoms with Gasteiger partial charge in [0.15, 0.2) is 6.29 Å². The molecule has 12 heteroatoms. The number of anilines is 2. The molecule has 2 fully saturated rings. The van der Waals surface area contributed by atoms with Gasteiger partial charge in [-0.25, -0.2) is 8.42 Å². The third kappa shape index (κ3) is 7.54. The smallest absolute Gasteiger partial charge is 0.269 e. The number of rotatable bonds is 10. The molecule has 11 nitrogen and oxygen atoms in total. The van der Waals surface area contributed by atoms with Gasteiger partial charge >= 0.3 is 0 Å². The van der Waals surface area contributed by atoms with Crippen LogP contribution in [-0.4, -0.2) is 62.2 Å². The molecule has 2 aliphatic heterocycles. The van der Waals surface area contributed by atoms with Crippen molar-refractivity contribution in [3.05, 3.63) is 130 Å². The highest BCUT2D eigenvalue weighted by molar-refractivity contribution is 7.92. The number of non-ortho nitro benzene ring substituents is 1. The zero-order valence-electron chi connectivity index (χ0n) is 25.1. The summed E-state index contributed by atoms with van der Waals surface area (Å²) in [7, 11) is -3.72. The number of aliphatic hydroxyl groups excluding tert-OH is 1. The van der Waals surface area contributed by atoms with Crippen molar-refractivity contribution < 1.29 is 27.9 Å². The third-order valence-corrected chi connectivity index (χ3v) is 9.76. The van der Waals surface area contributed by atoms with Crippen LogP contribution < -0.4 is 9.62 Å². The van der Waals surface area contributed by atoms with Crippen molar-refractivity contribution in [3.8, 4) is 0 Å². The van der Waals surface area contributed by atoms with Gasteiger partial charge in [0.25, 0.3) is 15.7 Å². The summed E-state index contributed by atoms with van der Waals surface area (Å²) in [5, 5.41) is 20.5. The highest BCUT2D eigenvalue weighted by atomic mass is 32.2. The molecule has 0 aromatic heterocycles. The Kier molecular flexibility index (Phi) is 9.61. The van der Waals surface area contributed by atoms with E-state index in [1.807, 2.05) is 36.4 Å². The minimum absolute atomic E-state index is 0.0353. The number of ether oxygens (including phenoxy) is 2. The zero-order valence-corrected chi connectivity index (χ0v) is 26.0. The molecule has 3 atom stereocenters. The van der Waals surface area contributed by atoms with Crippen LogP contribution >= 0.6 is 0 Å². The molecule has 240 valence electrons. The van der Waals surface area contributed by atoms with E-state index in [4.69, 9.17) is 9.47 Å². The van der Waals surface area contributed by atoms with Crippen molar-refractivity contribution in [2.24, 2.45) is 0 Å². The van der Waals surface area contributed by atoms with Crippen LogP contribution in [0.1, 0.15) is 35.5 Å². The third-order valence-electron chi connectivity index (χ3n) is 8.36. The molecule has 0 radical (unpaired) electrons. The number of hydrogen-bond acceptors (Lipinski definition) is 9. The Morgan fingerprint density at radius 1 is 0.826 bits per heavy atom. The van der Waals surface area contributed by atoms with Gasteiger partial charge in [0, 0.05) is 68.2 Å². The molecule has 6 rings (SSSR count). The van der Waals surface area contributed by atoms with Gasteiger partial charge in [0.1, 0.15) is 0 Å². The summed E-state index contributed by atoms with van der Waals surface area (Å²) in [5.74, 6) is 0. The van der Waals surface area contributed by atoms with Crippen LogP contribution in [0.3, 0.4) is 0 Å². The highest BCUT2D eigenvalue weighted by Crippen LogP contribution is 2.38. The van der Waals surface area contributed by atoms with Gasteiger partial charge in [-0.3, -0.25) is 19.7 Å². The minimum atomic E-state index is -3.72. The summed E-state index contributed by atoms with van der Waals surface area (Å²) >= 11 is 0. The van der Waals surface area contributed by atoms with Crippen LogP contribution in [0.25, 0.3) is 0 Å². The second-order valence-corrected chi connectivity index (χ2v) is 13.1. The number of nitro groups is 1. The molecule has 2 saturated heterocycles. The molecule has 4 aromatic carbocycles. The van der Waals surface area contributed by atoms with E-state index in [0.717, 1.165) is 48.6 Å². The fourth-order valence-electron chi connectivity index (χ4n) is 5.82. The first-order valence-electron chi connectivity index (χ1n) is 15.2. The van der Waals surface area contributed by atoms with Gasteiger partial charge in [-0.15, -0.1) is 0 Å². The normalized spacial score (nSPS) is 20.7. The van der Waals surface area contributed by atoms with Crippen molar-refractivity contribution in [2.75, 3.05) is 42.3 Å². The number of nitrogens with zero attached hydrogens (tertiary/aromatic N) is 3. The maximum atomic E-state index is 12.8. The summed E-state index contributed by atoms with van der Waals surface area (Å²) in [6, 6.07) is 29.6. The van der Waals surface area contributed by atoms with Gasteiger partial charge in [-0.1, -0.05) is 54.6 Å². The second kappa shape index (κ2) is 14.0. The van der Waals surface area contributed by atoms with Crippen molar-refractivity contribution >= 4 is 27.1 Å². The molecule has 0 aliphatic carbocycles. The average molecular weight is 645 g/mol. The lowest BCUT2D eigenvalue weighted by Crippen LogP contribution is -2.49. The molecule has 2 heterocycles. The highest BCUT2D eigenvalue weighted by Gasteiger charge is 2.34. The Balaban J connectivity index is 1.14. The molecule has 46 heavy (non-hydrogen) atoms. The number of nitrogens with one attached hydrogen (secondary N) is 1. The first-order chi connectivity index (χ1) is 22.3. The number of piperazine rings is 1. The van der Waals surface area contributed by atoms with E-state index in [1.54, 1.807) is 54.6 Å². The summed E-state index contributed by atoms with van der Waals surface area (Å²) in [6.45, 7) is 3.87. The zero-order chi connectivity index (χ0) is 32.1. The predicted molar refractivity (Wildman–Crippen MR) is 174 cm³/mol. The van der Waals surface area contributed by atoms with Gasteiger partial charge in [0.2, 0.25) is 0 Å². The molecular formula is C34H36N4O7S. The standard InChI is InChI=1S/C34H36N4O7S/c39-24-25-6-8-26(9-7-25)33-22-31(23-36-18-20-37(21-19-36)29-14-16-30(17-15-29)38(40)41)44-34(45-33)27-10-12-28(13-11-27)35-46(42,43)32-4-2-1-3-5-32/h1-17,31,33-35,39H,18-24H2/t31-,33+,34+/m1/s1. The van der Waals surface area contributed by atoms with Crippen LogP contribution in [0.4, 0.5) is 17.1 Å². The van der Waals surface area contributed by atoms with Gasteiger partial charge in [-0.05, 0) is 47.5 Å². The number of hydrogen-bond donors (Lipinski definition) is 2. The van der Waals surface area contributed by atoms with Crippen LogP contribution in [0.2, 0.25) is 0 Å². The van der Waals surface area contributed by atoms with Crippen LogP contribution in [0.15, 0.2) is 108 Å². The molecule has 2 aliphatic rings. The van der Waals surface area contributed by atoms with E-state index in [0.29, 0.717) is 18.7 Å². The Morgan fingerprint density at radius 2 is 1.48 bits per heavy atom. The predicted octanol–water partition coefficient (Wildman–Crippen LogP) is 5.26. The number of benzene rings is 4. The van der Waals surface area contributed by atoms with Crippen LogP contribution in [-0.2, 0) is 26.1 Å². The topological polar surface area (TPSA) is 134 Å². The Morgan fingerprint density at radius 3 is 2.11 bits per heavy atom. The van der Waals surface area contributed by atoms with E-state index in [-0.39, 0.29) is 29.4 Å². The lowest BCUT2D eigenvalue weighted by atomic mass is 9.99. The Labute approximate surface area is 268 Å². The molecule has 2 N–H and O–H groups in total.